The van der Waals surface area contributed by atoms with Crippen molar-refractivity contribution < 1.29 is 9.53 Å². The molecule has 1 unspecified atom stereocenters. The van der Waals surface area contributed by atoms with Crippen LogP contribution in [0.4, 0.5) is 0 Å². The number of carbonyl (C=O) groups is 1. The molecule has 0 bridgehead atoms. The standard InChI is InChI=1S/C14H19BrN2O2/c1-14(2,13(16)18)17-11-4-3-7-19-12-8-9(15)5-6-10(11)12/h5-6,8,11,17H,3-4,7H2,1-2H3,(H2,16,18). The maximum Gasteiger partial charge on any atom is 0.237 e. The predicted octanol–water partition coefficient (Wildman–Crippen LogP) is 2.52. The highest BCUT2D eigenvalue weighted by molar-refractivity contribution is 9.10. The highest BCUT2D eigenvalue weighted by Crippen LogP contribution is 2.34. The number of carbonyl (C=O) groups excluding carboxylic acids is 1. The van der Waals surface area contributed by atoms with Crippen LogP contribution in [0.3, 0.4) is 0 Å². The van der Waals surface area contributed by atoms with Crippen LogP contribution in [0, 0.1) is 0 Å². The van der Waals surface area contributed by atoms with Gasteiger partial charge >= 0.3 is 0 Å². The van der Waals surface area contributed by atoms with Gasteiger partial charge in [-0.1, -0.05) is 22.0 Å². The first-order valence-electron chi connectivity index (χ1n) is 6.40. The molecular weight excluding hydrogens is 308 g/mol. The fourth-order valence-electron chi connectivity index (χ4n) is 2.20. The third-order valence-corrected chi connectivity index (χ3v) is 3.89. The number of benzene rings is 1. The normalized spacial score (nSPS) is 19.2. The highest BCUT2D eigenvalue weighted by Gasteiger charge is 2.30. The van der Waals surface area contributed by atoms with Crippen molar-refractivity contribution in [3.63, 3.8) is 0 Å². The molecule has 1 aliphatic heterocycles. The molecule has 1 aromatic rings. The second kappa shape index (κ2) is 5.51. The zero-order valence-electron chi connectivity index (χ0n) is 11.2. The van der Waals surface area contributed by atoms with Crippen molar-refractivity contribution in [2.24, 2.45) is 5.73 Å². The molecule has 3 N–H and O–H groups in total. The average Bonchev–Trinajstić information content (AvgIpc) is 2.51. The lowest BCUT2D eigenvalue weighted by molar-refractivity contribution is -0.123. The van der Waals surface area contributed by atoms with Crippen LogP contribution in [0.5, 0.6) is 5.75 Å². The zero-order chi connectivity index (χ0) is 14.0. The number of fused-ring (bicyclic) bond motifs is 1. The molecule has 104 valence electrons. The fraction of sp³-hybridized carbons (Fsp3) is 0.500. The van der Waals surface area contributed by atoms with Gasteiger partial charge in [-0.15, -0.1) is 0 Å². The molecular formula is C14H19BrN2O2. The zero-order valence-corrected chi connectivity index (χ0v) is 12.8. The first kappa shape index (κ1) is 14.3. The minimum absolute atomic E-state index is 0.0769. The van der Waals surface area contributed by atoms with E-state index in [4.69, 9.17) is 10.5 Å². The number of primary amides is 1. The molecule has 4 nitrogen and oxygen atoms in total. The van der Waals surface area contributed by atoms with Crippen molar-refractivity contribution in [2.75, 3.05) is 6.61 Å². The topological polar surface area (TPSA) is 64.3 Å². The number of nitrogens with one attached hydrogen (secondary N) is 1. The summed E-state index contributed by atoms with van der Waals surface area (Å²) in [5, 5.41) is 3.34. The molecule has 0 saturated carbocycles. The van der Waals surface area contributed by atoms with Crippen molar-refractivity contribution in [3.05, 3.63) is 28.2 Å². The Morgan fingerprint density at radius 2 is 2.26 bits per heavy atom. The number of amides is 1. The fourth-order valence-corrected chi connectivity index (χ4v) is 2.54. The van der Waals surface area contributed by atoms with Gasteiger partial charge in [0.2, 0.25) is 5.91 Å². The van der Waals surface area contributed by atoms with Crippen molar-refractivity contribution in [3.8, 4) is 5.75 Å². The lowest BCUT2D eigenvalue weighted by Gasteiger charge is -2.29. The van der Waals surface area contributed by atoms with Crippen molar-refractivity contribution in [1.29, 1.82) is 0 Å². The number of halogens is 1. The van der Waals surface area contributed by atoms with E-state index in [1.165, 1.54) is 0 Å². The summed E-state index contributed by atoms with van der Waals surface area (Å²) in [5.74, 6) is 0.515. The summed E-state index contributed by atoms with van der Waals surface area (Å²) in [7, 11) is 0. The first-order valence-corrected chi connectivity index (χ1v) is 7.19. The minimum Gasteiger partial charge on any atom is -0.493 e. The van der Waals surface area contributed by atoms with E-state index in [9.17, 15) is 4.79 Å². The summed E-state index contributed by atoms with van der Waals surface area (Å²) < 4.78 is 6.74. The summed E-state index contributed by atoms with van der Waals surface area (Å²) in [6, 6.07) is 6.05. The van der Waals surface area contributed by atoms with Crippen LogP contribution in [0.1, 0.15) is 38.3 Å². The molecule has 0 aliphatic carbocycles. The first-order chi connectivity index (χ1) is 8.90. The smallest absolute Gasteiger partial charge is 0.237 e. The van der Waals surface area contributed by atoms with Gasteiger partial charge in [-0.25, -0.2) is 0 Å². The number of hydrogen-bond donors (Lipinski definition) is 2. The molecule has 0 radical (unpaired) electrons. The molecule has 1 aliphatic rings. The lowest BCUT2D eigenvalue weighted by Crippen LogP contribution is -2.51. The Labute approximate surface area is 121 Å². The van der Waals surface area contributed by atoms with E-state index in [1.54, 1.807) is 13.8 Å². The second-order valence-corrected chi connectivity index (χ2v) is 6.27. The predicted molar refractivity (Wildman–Crippen MR) is 78.0 cm³/mol. The summed E-state index contributed by atoms with van der Waals surface area (Å²) in [5.41, 5.74) is 5.77. The van der Waals surface area contributed by atoms with Gasteiger partial charge in [0.05, 0.1) is 12.1 Å². The van der Waals surface area contributed by atoms with Crippen LogP contribution in [0.2, 0.25) is 0 Å². The third-order valence-electron chi connectivity index (χ3n) is 3.40. The van der Waals surface area contributed by atoms with Crippen molar-refractivity contribution in [1.82, 2.24) is 5.32 Å². The quantitative estimate of drug-likeness (QED) is 0.897. The van der Waals surface area contributed by atoms with Crippen LogP contribution >= 0.6 is 15.9 Å². The molecule has 0 saturated heterocycles. The molecule has 0 aromatic heterocycles. The van der Waals surface area contributed by atoms with E-state index < -0.39 is 5.54 Å². The monoisotopic (exact) mass is 326 g/mol. The number of rotatable bonds is 3. The molecule has 5 heteroatoms. The van der Waals surface area contributed by atoms with Gasteiger partial charge in [0, 0.05) is 16.1 Å². The molecule has 1 aromatic carbocycles. The number of hydrogen-bond acceptors (Lipinski definition) is 3. The molecule has 0 spiro atoms. The Hall–Kier alpha value is -1.07. The van der Waals surface area contributed by atoms with Crippen LogP contribution in [-0.2, 0) is 4.79 Å². The molecule has 1 atom stereocenters. The lowest BCUT2D eigenvalue weighted by atomic mass is 9.96. The number of nitrogens with two attached hydrogens (primary N) is 1. The van der Waals surface area contributed by atoms with Gasteiger partial charge in [-0.2, -0.15) is 0 Å². The maximum atomic E-state index is 11.5. The minimum atomic E-state index is -0.737. The van der Waals surface area contributed by atoms with Crippen LogP contribution in [0.25, 0.3) is 0 Å². The summed E-state index contributed by atoms with van der Waals surface area (Å²) >= 11 is 3.45. The Bertz CT molecular complexity index is 488. The Morgan fingerprint density at radius 3 is 2.95 bits per heavy atom. The second-order valence-electron chi connectivity index (χ2n) is 5.36. The average molecular weight is 327 g/mol. The Balaban J connectivity index is 2.30. The van der Waals surface area contributed by atoms with Gasteiger partial charge in [-0.05, 0) is 38.8 Å². The van der Waals surface area contributed by atoms with Crippen molar-refractivity contribution >= 4 is 21.8 Å². The van der Waals surface area contributed by atoms with Crippen molar-refractivity contribution in [2.45, 2.75) is 38.3 Å². The molecule has 1 heterocycles. The summed E-state index contributed by atoms with van der Waals surface area (Å²) in [4.78, 5) is 11.5. The van der Waals surface area contributed by atoms with E-state index >= 15 is 0 Å². The SMILES string of the molecule is CC(C)(NC1CCCOc2cc(Br)ccc21)C(N)=O. The summed E-state index contributed by atoms with van der Waals surface area (Å²) in [6.45, 7) is 4.30. The van der Waals surface area contributed by atoms with E-state index in [-0.39, 0.29) is 11.9 Å². The van der Waals surface area contributed by atoms with Crippen LogP contribution < -0.4 is 15.8 Å². The molecule has 19 heavy (non-hydrogen) atoms. The largest absolute Gasteiger partial charge is 0.493 e. The van der Waals surface area contributed by atoms with Gasteiger partial charge < -0.3 is 10.5 Å². The molecule has 1 amide bonds. The highest BCUT2D eigenvalue weighted by atomic mass is 79.9. The van der Waals surface area contributed by atoms with E-state index in [1.807, 2.05) is 18.2 Å². The van der Waals surface area contributed by atoms with E-state index in [0.717, 1.165) is 28.6 Å². The van der Waals surface area contributed by atoms with E-state index in [0.29, 0.717) is 6.61 Å². The van der Waals surface area contributed by atoms with Gasteiger partial charge in [0.15, 0.2) is 0 Å². The third kappa shape index (κ3) is 3.28. The number of ether oxygens (including phenoxy) is 1. The van der Waals surface area contributed by atoms with Gasteiger partial charge in [-0.3, -0.25) is 10.1 Å². The molecule has 2 rings (SSSR count). The van der Waals surface area contributed by atoms with Gasteiger partial charge in [0.1, 0.15) is 5.75 Å². The van der Waals surface area contributed by atoms with Crippen LogP contribution in [-0.4, -0.2) is 18.1 Å². The Morgan fingerprint density at radius 1 is 1.53 bits per heavy atom. The van der Waals surface area contributed by atoms with Gasteiger partial charge in [0.25, 0.3) is 0 Å². The Kier molecular flexibility index (Phi) is 4.16. The molecule has 0 fully saturated rings. The van der Waals surface area contributed by atoms with E-state index in [2.05, 4.69) is 21.2 Å². The van der Waals surface area contributed by atoms with Crippen LogP contribution in [0.15, 0.2) is 22.7 Å². The maximum absolute atomic E-state index is 11.5. The summed E-state index contributed by atoms with van der Waals surface area (Å²) in [6.07, 6.45) is 1.87.